The van der Waals surface area contributed by atoms with Gasteiger partial charge in [-0.1, -0.05) is 62.7 Å². The molecule has 2 aliphatic rings. The summed E-state index contributed by atoms with van der Waals surface area (Å²) in [5.74, 6) is -0.611. The number of nitrogens with zero attached hydrogens (tertiary/aromatic N) is 2. The maximum atomic E-state index is 13.5. The summed E-state index contributed by atoms with van der Waals surface area (Å²) in [5, 5.41) is 11.7. The minimum atomic E-state index is -3.92. The molecule has 0 saturated heterocycles. The molecule has 0 spiro atoms. The van der Waals surface area contributed by atoms with Crippen molar-refractivity contribution in [2.24, 2.45) is 9.81 Å². The first-order chi connectivity index (χ1) is 14.0. The lowest BCUT2D eigenvalue weighted by atomic mass is 9.84. The Balaban J connectivity index is 1.82. The molecule has 6 nitrogen and oxygen atoms in total. The van der Waals surface area contributed by atoms with Crippen LogP contribution >= 0.6 is 11.6 Å². The van der Waals surface area contributed by atoms with Crippen LogP contribution in [0.15, 0.2) is 69.2 Å². The van der Waals surface area contributed by atoms with Gasteiger partial charge in [0.05, 0.1) is 10.9 Å². The van der Waals surface area contributed by atoms with Gasteiger partial charge >= 0.3 is 0 Å². The Morgan fingerprint density at radius 1 is 1.10 bits per heavy atom. The van der Waals surface area contributed by atoms with Crippen LogP contribution < -0.4 is 0 Å². The molecule has 30 heavy (non-hydrogen) atoms. The highest BCUT2D eigenvalue weighted by Crippen LogP contribution is 2.40. The Labute approximate surface area is 180 Å². The van der Waals surface area contributed by atoms with Crippen LogP contribution in [0.2, 0.25) is 5.02 Å². The largest absolute Gasteiger partial charge is 0.509 e. The van der Waals surface area contributed by atoms with E-state index in [4.69, 9.17) is 11.6 Å². The van der Waals surface area contributed by atoms with Crippen molar-refractivity contribution in [3.05, 3.63) is 76.0 Å². The standard InChI is InChI=1S/C22H21ClN2O4S/c1-22(2,3)20-19(26)17(18-15-6-4-5-7-16(15)30(28,29)24-18)21(27)25(20)12-13-8-10-14(23)11-9-13/h4-11,20,26H,12H2,1-3H3/t20-/m1/s1. The molecule has 0 bridgehead atoms. The lowest BCUT2D eigenvalue weighted by Crippen LogP contribution is -2.43. The van der Waals surface area contributed by atoms with E-state index >= 15 is 0 Å². The molecule has 0 aromatic heterocycles. The van der Waals surface area contributed by atoms with Crippen molar-refractivity contribution in [1.29, 1.82) is 0 Å². The smallest absolute Gasteiger partial charge is 0.283 e. The van der Waals surface area contributed by atoms with Crippen LogP contribution in [0.4, 0.5) is 0 Å². The van der Waals surface area contributed by atoms with E-state index in [1.165, 1.54) is 6.07 Å². The lowest BCUT2D eigenvalue weighted by Gasteiger charge is -2.35. The zero-order chi connectivity index (χ0) is 21.8. The Kier molecular flexibility index (Phi) is 4.78. The minimum absolute atomic E-state index is 0.000885. The van der Waals surface area contributed by atoms with Crippen molar-refractivity contribution in [1.82, 2.24) is 4.90 Å². The number of fused-ring (bicyclic) bond motifs is 1. The van der Waals surface area contributed by atoms with Gasteiger partial charge in [0.2, 0.25) is 0 Å². The quantitative estimate of drug-likeness (QED) is 0.772. The van der Waals surface area contributed by atoms with Crippen molar-refractivity contribution in [2.45, 2.75) is 38.3 Å². The zero-order valence-corrected chi connectivity index (χ0v) is 18.3. The topological polar surface area (TPSA) is 87.0 Å². The Hall–Kier alpha value is -2.64. The minimum Gasteiger partial charge on any atom is -0.509 e. The molecular weight excluding hydrogens is 424 g/mol. The number of aliphatic hydroxyl groups excluding tert-OH is 1. The highest BCUT2D eigenvalue weighted by Gasteiger charge is 2.48. The van der Waals surface area contributed by atoms with Gasteiger partial charge in [-0.05, 0) is 29.2 Å². The monoisotopic (exact) mass is 444 g/mol. The SMILES string of the molecule is CC(C)(C)[C@H]1C(O)=C(C2=NS(=O)(=O)c3ccccc32)C(=O)N1Cc1ccc(Cl)cc1. The van der Waals surface area contributed by atoms with Crippen LogP contribution in [0.5, 0.6) is 0 Å². The molecule has 1 amide bonds. The molecule has 2 aromatic carbocycles. The van der Waals surface area contributed by atoms with Crippen molar-refractivity contribution >= 4 is 33.2 Å². The zero-order valence-electron chi connectivity index (χ0n) is 16.8. The van der Waals surface area contributed by atoms with Gasteiger partial charge in [-0.15, -0.1) is 0 Å². The molecule has 2 aliphatic heterocycles. The number of hydrogen-bond donors (Lipinski definition) is 1. The molecule has 0 aliphatic carbocycles. The summed E-state index contributed by atoms with van der Waals surface area (Å²) < 4.78 is 28.8. The fourth-order valence-corrected chi connectivity index (χ4v) is 5.34. The number of amides is 1. The summed E-state index contributed by atoms with van der Waals surface area (Å²) >= 11 is 5.96. The summed E-state index contributed by atoms with van der Waals surface area (Å²) in [6, 6.07) is 12.8. The first-order valence-electron chi connectivity index (χ1n) is 9.44. The van der Waals surface area contributed by atoms with Gasteiger partial charge in [0.1, 0.15) is 17.0 Å². The molecular formula is C22H21ClN2O4S. The molecule has 0 radical (unpaired) electrons. The van der Waals surface area contributed by atoms with E-state index < -0.39 is 27.4 Å². The Bertz CT molecular complexity index is 1210. The van der Waals surface area contributed by atoms with Crippen molar-refractivity contribution in [2.75, 3.05) is 0 Å². The second-order valence-electron chi connectivity index (χ2n) is 8.50. The van der Waals surface area contributed by atoms with E-state index in [0.717, 1.165) is 5.56 Å². The van der Waals surface area contributed by atoms with Crippen molar-refractivity contribution < 1.29 is 18.3 Å². The van der Waals surface area contributed by atoms with Crippen LogP contribution in [0, 0.1) is 5.41 Å². The first-order valence-corrected chi connectivity index (χ1v) is 11.3. The fourth-order valence-electron chi connectivity index (χ4n) is 3.99. The first kappa shape index (κ1) is 20.6. The number of carbonyl (C=O) groups is 1. The Morgan fingerprint density at radius 3 is 2.37 bits per heavy atom. The number of halogens is 1. The molecule has 1 atom stereocenters. The summed E-state index contributed by atoms with van der Waals surface area (Å²) in [6.45, 7) is 5.99. The van der Waals surface area contributed by atoms with Crippen LogP contribution in [-0.2, 0) is 21.4 Å². The predicted octanol–water partition coefficient (Wildman–Crippen LogP) is 4.10. The number of rotatable bonds is 3. The van der Waals surface area contributed by atoms with Gasteiger partial charge in [-0.2, -0.15) is 12.8 Å². The molecule has 8 heteroatoms. The van der Waals surface area contributed by atoms with Gasteiger partial charge in [0.25, 0.3) is 15.9 Å². The third-order valence-electron chi connectivity index (χ3n) is 5.26. The third-order valence-corrected chi connectivity index (χ3v) is 6.84. The normalized spacial score (nSPS) is 20.5. The van der Waals surface area contributed by atoms with Crippen LogP contribution in [0.25, 0.3) is 0 Å². The fraction of sp³-hybridized carbons (Fsp3) is 0.273. The number of carbonyl (C=O) groups excluding carboxylic acids is 1. The van der Waals surface area contributed by atoms with E-state index in [-0.39, 0.29) is 28.5 Å². The highest BCUT2D eigenvalue weighted by atomic mass is 35.5. The highest BCUT2D eigenvalue weighted by molar-refractivity contribution is 7.90. The van der Waals surface area contributed by atoms with E-state index in [1.54, 1.807) is 35.2 Å². The summed E-state index contributed by atoms with van der Waals surface area (Å²) in [5.41, 5.74) is 0.620. The molecule has 0 saturated carbocycles. The summed E-state index contributed by atoms with van der Waals surface area (Å²) in [4.78, 5) is 15.1. The molecule has 4 rings (SSSR count). The molecule has 0 unspecified atom stereocenters. The van der Waals surface area contributed by atoms with E-state index in [0.29, 0.717) is 10.6 Å². The van der Waals surface area contributed by atoms with Crippen LogP contribution in [-0.4, -0.2) is 36.1 Å². The molecule has 156 valence electrons. The maximum Gasteiger partial charge on any atom is 0.283 e. The number of benzene rings is 2. The number of sulfonamides is 1. The number of aliphatic hydroxyl groups is 1. The van der Waals surface area contributed by atoms with Crippen LogP contribution in [0.3, 0.4) is 0 Å². The maximum absolute atomic E-state index is 13.5. The van der Waals surface area contributed by atoms with Gasteiger partial charge in [-0.25, -0.2) is 0 Å². The molecule has 2 heterocycles. The van der Waals surface area contributed by atoms with Gasteiger partial charge in [0.15, 0.2) is 0 Å². The molecule has 0 fully saturated rings. The van der Waals surface area contributed by atoms with Gasteiger partial charge < -0.3 is 10.0 Å². The van der Waals surface area contributed by atoms with Gasteiger partial charge in [-0.3, -0.25) is 4.79 Å². The third kappa shape index (κ3) is 3.32. The predicted molar refractivity (Wildman–Crippen MR) is 115 cm³/mol. The second-order valence-corrected chi connectivity index (χ2v) is 10.5. The van der Waals surface area contributed by atoms with Crippen molar-refractivity contribution in [3.8, 4) is 0 Å². The lowest BCUT2D eigenvalue weighted by molar-refractivity contribution is -0.129. The van der Waals surface area contributed by atoms with Crippen molar-refractivity contribution in [3.63, 3.8) is 0 Å². The Morgan fingerprint density at radius 2 is 1.73 bits per heavy atom. The average molecular weight is 445 g/mol. The molecule has 1 N–H and O–H groups in total. The van der Waals surface area contributed by atoms with Crippen LogP contribution in [0.1, 0.15) is 31.9 Å². The van der Waals surface area contributed by atoms with E-state index in [2.05, 4.69) is 4.40 Å². The number of hydrogen-bond acceptors (Lipinski definition) is 4. The van der Waals surface area contributed by atoms with E-state index in [1.807, 2.05) is 32.9 Å². The second kappa shape index (κ2) is 6.96. The van der Waals surface area contributed by atoms with Gasteiger partial charge in [0, 0.05) is 17.1 Å². The summed E-state index contributed by atoms with van der Waals surface area (Å²) in [7, 11) is -3.92. The van der Waals surface area contributed by atoms with E-state index in [9.17, 15) is 18.3 Å². The molecule has 2 aromatic rings. The average Bonchev–Trinajstić information content (AvgIpc) is 3.07. The summed E-state index contributed by atoms with van der Waals surface area (Å²) in [6.07, 6.45) is 0.